The number of nitrogens with zero attached hydrogens (tertiary/aromatic N) is 5. The first-order chi connectivity index (χ1) is 12.3. The molecule has 0 aliphatic carbocycles. The summed E-state index contributed by atoms with van der Waals surface area (Å²) in [5, 5.41) is 8.45. The second-order valence-corrected chi connectivity index (χ2v) is 6.20. The summed E-state index contributed by atoms with van der Waals surface area (Å²) in [6, 6.07) is 13.6. The molecule has 1 saturated heterocycles. The Labute approximate surface area is 146 Å². The molecule has 1 fully saturated rings. The topological polar surface area (TPSA) is 63.9 Å². The fourth-order valence-corrected chi connectivity index (χ4v) is 3.33. The zero-order valence-electron chi connectivity index (χ0n) is 13.8. The van der Waals surface area contributed by atoms with Crippen molar-refractivity contribution in [3.8, 4) is 5.69 Å². The average Bonchev–Trinajstić information content (AvgIpc) is 3.19. The highest BCUT2D eigenvalue weighted by atomic mass is 16.2. The summed E-state index contributed by atoms with van der Waals surface area (Å²) in [5.41, 5.74) is 1.76. The number of likely N-dealkylation sites (tertiary alicyclic amines) is 1. The predicted molar refractivity (Wildman–Crippen MR) is 93.5 cm³/mol. The highest BCUT2D eigenvalue weighted by Gasteiger charge is 2.27. The molecule has 3 heterocycles. The molecule has 1 aliphatic heterocycles. The largest absolute Gasteiger partial charge is 0.339 e. The lowest BCUT2D eigenvalue weighted by Crippen LogP contribution is -2.38. The van der Waals surface area contributed by atoms with Crippen molar-refractivity contribution in [3.05, 3.63) is 72.6 Å². The lowest BCUT2D eigenvalue weighted by atomic mass is 9.95. The Morgan fingerprint density at radius 1 is 1.00 bits per heavy atom. The van der Waals surface area contributed by atoms with E-state index in [9.17, 15) is 4.79 Å². The number of amides is 1. The normalized spacial score (nSPS) is 15.3. The van der Waals surface area contributed by atoms with Crippen molar-refractivity contribution >= 4 is 5.91 Å². The van der Waals surface area contributed by atoms with Gasteiger partial charge in [-0.3, -0.25) is 14.3 Å². The van der Waals surface area contributed by atoms with Crippen LogP contribution in [0.4, 0.5) is 0 Å². The third-order valence-electron chi connectivity index (χ3n) is 4.68. The van der Waals surface area contributed by atoms with E-state index in [1.165, 1.54) is 0 Å². The Kier molecular flexibility index (Phi) is 4.24. The van der Waals surface area contributed by atoms with E-state index in [0.29, 0.717) is 11.5 Å². The van der Waals surface area contributed by atoms with E-state index in [4.69, 9.17) is 0 Å². The number of hydrogen-bond donors (Lipinski definition) is 0. The van der Waals surface area contributed by atoms with Crippen molar-refractivity contribution in [2.75, 3.05) is 13.1 Å². The maximum atomic E-state index is 12.5. The summed E-state index contributed by atoms with van der Waals surface area (Å²) >= 11 is 0. The van der Waals surface area contributed by atoms with E-state index in [-0.39, 0.29) is 5.91 Å². The monoisotopic (exact) mass is 333 g/mol. The average molecular weight is 333 g/mol. The second kappa shape index (κ2) is 6.84. The van der Waals surface area contributed by atoms with E-state index in [0.717, 1.165) is 37.4 Å². The quantitative estimate of drug-likeness (QED) is 0.739. The summed E-state index contributed by atoms with van der Waals surface area (Å²) in [7, 11) is 0. The zero-order valence-corrected chi connectivity index (χ0v) is 13.8. The zero-order chi connectivity index (χ0) is 17.1. The standard InChI is InChI=1S/C19H19N5O/c25-19(16-6-10-20-11-7-16)23-12-8-15(9-13-23)18-22-21-14-24(18)17-4-2-1-3-5-17/h1-7,10-11,14-15H,8-9,12-13H2. The van der Waals surface area contributed by atoms with Crippen LogP contribution in [0, 0.1) is 0 Å². The highest BCUT2D eigenvalue weighted by Crippen LogP contribution is 2.28. The van der Waals surface area contributed by atoms with Crippen LogP contribution >= 0.6 is 0 Å². The molecule has 0 saturated carbocycles. The van der Waals surface area contributed by atoms with Gasteiger partial charge in [0.2, 0.25) is 0 Å². The van der Waals surface area contributed by atoms with Crippen molar-refractivity contribution in [2.24, 2.45) is 0 Å². The number of para-hydroxylation sites is 1. The van der Waals surface area contributed by atoms with Gasteiger partial charge in [0.05, 0.1) is 0 Å². The van der Waals surface area contributed by atoms with E-state index in [2.05, 4.69) is 27.3 Å². The van der Waals surface area contributed by atoms with Crippen LogP contribution in [0.1, 0.15) is 34.9 Å². The van der Waals surface area contributed by atoms with Crippen LogP contribution in [0.5, 0.6) is 0 Å². The maximum absolute atomic E-state index is 12.5. The van der Waals surface area contributed by atoms with Crippen LogP contribution in [0.25, 0.3) is 5.69 Å². The Morgan fingerprint density at radius 3 is 2.44 bits per heavy atom. The SMILES string of the molecule is O=C(c1ccncc1)N1CCC(c2nncn2-c2ccccc2)CC1. The molecule has 0 spiro atoms. The number of aromatic nitrogens is 4. The second-order valence-electron chi connectivity index (χ2n) is 6.20. The molecule has 0 radical (unpaired) electrons. The molecule has 0 N–H and O–H groups in total. The molecule has 0 atom stereocenters. The van der Waals surface area contributed by atoms with Crippen molar-refractivity contribution in [1.82, 2.24) is 24.6 Å². The Hall–Kier alpha value is -3.02. The van der Waals surface area contributed by atoms with E-state index < -0.39 is 0 Å². The molecule has 1 aromatic carbocycles. The van der Waals surface area contributed by atoms with Gasteiger partial charge in [-0.05, 0) is 37.1 Å². The molecular weight excluding hydrogens is 314 g/mol. The molecule has 1 aliphatic rings. The van der Waals surface area contributed by atoms with Gasteiger partial charge in [-0.15, -0.1) is 10.2 Å². The van der Waals surface area contributed by atoms with Gasteiger partial charge in [-0.2, -0.15) is 0 Å². The fourth-order valence-electron chi connectivity index (χ4n) is 3.33. The number of pyridine rings is 1. The van der Waals surface area contributed by atoms with Crippen LogP contribution in [0.3, 0.4) is 0 Å². The smallest absolute Gasteiger partial charge is 0.253 e. The summed E-state index contributed by atoms with van der Waals surface area (Å²) in [4.78, 5) is 18.4. The summed E-state index contributed by atoms with van der Waals surface area (Å²) < 4.78 is 2.05. The maximum Gasteiger partial charge on any atom is 0.253 e. The first-order valence-corrected chi connectivity index (χ1v) is 8.47. The van der Waals surface area contributed by atoms with E-state index >= 15 is 0 Å². The highest BCUT2D eigenvalue weighted by molar-refractivity contribution is 5.94. The lowest BCUT2D eigenvalue weighted by molar-refractivity contribution is 0.0710. The summed E-state index contributed by atoms with van der Waals surface area (Å²) in [6.07, 6.45) is 6.86. The van der Waals surface area contributed by atoms with E-state index in [1.54, 1.807) is 30.9 Å². The number of benzene rings is 1. The lowest BCUT2D eigenvalue weighted by Gasteiger charge is -2.31. The Balaban J connectivity index is 1.47. The number of rotatable bonds is 3. The third kappa shape index (κ3) is 3.15. The first-order valence-electron chi connectivity index (χ1n) is 8.47. The van der Waals surface area contributed by atoms with Gasteiger partial charge < -0.3 is 4.90 Å². The fraction of sp³-hybridized carbons (Fsp3) is 0.263. The predicted octanol–water partition coefficient (Wildman–Crippen LogP) is 2.68. The third-order valence-corrected chi connectivity index (χ3v) is 4.68. The van der Waals surface area contributed by atoms with Gasteiger partial charge in [0.1, 0.15) is 12.2 Å². The number of piperidine rings is 1. The molecule has 2 aromatic heterocycles. The van der Waals surface area contributed by atoms with Gasteiger partial charge >= 0.3 is 0 Å². The molecule has 126 valence electrons. The van der Waals surface area contributed by atoms with E-state index in [1.807, 2.05) is 27.7 Å². The molecule has 25 heavy (non-hydrogen) atoms. The molecule has 6 nitrogen and oxygen atoms in total. The molecule has 0 bridgehead atoms. The molecule has 6 heteroatoms. The summed E-state index contributed by atoms with van der Waals surface area (Å²) in [5.74, 6) is 1.36. The Morgan fingerprint density at radius 2 is 1.72 bits per heavy atom. The van der Waals surface area contributed by atoms with Crippen molar-refractivity contribution < 1.29 is 4.79 Å². The van der Waals surface area contributed by atoms with Crippen molar-refractivity contribution in [3.63, 3.8) is 0 Å². The van der Waals surface area contributed by atoms with Crippen molar-refractivity contribution in [2.45, 2.75) is 18.8 Å². The van der Waals surface area contributed by atoms with Gasteiger partial charge in [-0.1, -0.05) is 18.2 Å². The molecule has 1 amide bonds. The number of carbonyl (C=O) groups is 1. The van der Waals surface area contributed by atoms with Gasteiger partial charge in [0, 0.05) is 42.7 Å². The number of carbonyl (C=O) groups excluding carboxylic acids is 1. The molecule has 4 rings (SSSR count). The molecule has 0 unspecified atom stereocenters. The van der Waals surface area contributed by atoms with Crippen LogP contribution in [-0.2, 0) is 0 Å². The molecule has 3 aromatic rings. The van der Waals surface area contributed by atoms with Crippen LogP contribution in [0.2, 0.25) is 0 Å². The van der Waals surface area contributed by atoms with Crippen LogP contribution < -0.4 is 0 Å². The molecular formula is C19H19N5O. The van der Waals surface area contributed by atoms with Gasteiger partial charge in [-0.25, -0.2) is 0 Å². The minimum atomic E-state index is 0.0744. The van der Waals surface area contributed by atoms with Gasteiger partial charge in [0.15, 0.2) is 0 Å². The Bertz CT molecular complexity index is 839. The van der Waals surface area contributed by atoms with Crippen molar-refractivity contribution in [1.29, 1.82) is 0 Å². The summed E-state index contributed by atoms with van der Waals surface area (Å²) in [6.45, 7) is 1.46. The minimum Gasteiger partial charge on any atom is -0.339 e. The first kappa shape index (κ1) is 15.5. The van der Waals surface area contributed by atoms with Crippen LogP contribution in [-0.4, -0.2) is 43.6 Å². The van der Waals surface area contributed by atoms with Gasteiger partial charge in [0.25, 0.3) is 5.91 Å². The van der Waals surface area contributed by atoms with Crippen LogP contribution in [0.15, 0.2) is 61.2 Å². The minimum absolute atomic E-state index is 0.0744. The number of hydrogen-bond acceptors (Lipinski definition) is 4.